The van der Waals surface area contributed by atoms with Crippen LogP contribution in [0.4, 0.5) is 0 Å². The molecule has 3 rings (SSSR count). The Morgan fingerprint density at radius 3 is 2.31 bits per heavy atom. The maximum Gasteiger partial charge on any atom is 0.119 e. The number of rotatable bonds is 17. The van der Waals surface area contributed by atoms with Crippen LogP contribution in [0.2, 0.25) is 0 Å². The third-order valence-electron chi connectivity index (χ3n) is 7.27. The lowest BCUT2D eigenvalue weighted by Crippen LogP contribution is -2.14. The van der Waals surface area contributed by atoms with E-state index in [1.807, 2.05) is 39.0 Å². The van der Waals surface area contributed by atoms with Crippen molar-refractivity contribution >= 4 is 5.57 Å². The first-order valence-electron chi connectivity index (χ1n) is 15.7. The van der Waals surface area contributed by atoms with E-state index >= 15 is 0 Å². The van der Waals surface area contributed by atoms with Crippen LogP contribution in [0.15, 0.2) is 96.9 Å². The predicted octanol–water partition coefficient (Wildman–Crippen LogP) is 9.53. The molecule has 1 aliphatic rings. The van der Waals surface area contributed by atoms with Crippen molar-refractivity contribution in [1.82, 2.24) is 10.2 Å². The van der Waals surface area contributed by atoms with Crippen molar-refractivity contribution in [3.63, 3.8) is 0 Å². The van der Waals surface area contributed by atoms with E-state index in [0.717, 1.165) is 67.0 Å². The number of likely N-dealkylation sites (N-methyl/N-ethyl adjacent to an activating group) is 1. The molecule has 2 aromatic carbocycles. The lowest BCUT2D eigenvalue weighted by atomic mass is 9.96. The number of phenolic OH excluding ortho intramolecular Hbond substituents is 1. The van der Waals surface area contributed by atoms with Crippen LogP contribution >= 0.6 is 0 Å². The molecule has 0 saturated carbocycles. The molecule has 2 aromatic rings. The normalized spacial score (nSPS) is 12.3. The number of phenols is 1. The van der Waals surface area contributed by atoms with E-state index in [4.69, 9.17) is 4.74 Å². The first-order chi connectivity index (χ1) is 20.3. The number of unbranched alkanes of at least 4 members (excludes halogenated alkanes) is 5. The number of aromatic hydroxyl groups is 1. The van der Waals surface area contributed by atoms with Gasteiger partial charge in [0, 0.05) is 38.5 Å². The summed E-state index contributed by atoms with van der Waals surface area (Å²) in [5, 5.41) is 13.3. The van der Waals surface area contributed by atoms with E-state index in [2.05, 4.69) is 73.9 Å². The molecule has 0 spiro atoms. The molecular weight excluding hydrogens is 516 g/mol. The Hall–Kier alpha value is -3.66. The Balaban J connectivity index is 0.00000301. The number of aryl methyl sites for hydroxylation is 1. The maximum atomic E-state index is 9.79. The third kappa shape index (κ3) is 12.9. The second kappa shape index (κ2) is 19.5. The maximum absolute atomic E-state index is 9.79. The Labute approximate surface area is 256 Å². The Morgan fingerprint density at radius 1 is 0.905 bits per heavy atom. The minimum atomic E-state index is 0.276. The summed E-state index contributed by atoms with van der Waals surface area (Å²) in [7, 11) is 4.15. The fraction of sp³-hybridized carbons (Fsp3) is 0.421. The molecule has 4 heteroatoms. The van der Waals surface area contributed by atoms with Gasteiger partial charge in [0.15, 0.2) is 0 Å². The van der Waals surface area contributed by atoms with Crippen LogP contribution in [0.1, 0.15) is 81.9 Å². The number of hydrogen-bond acceptors (Lipinski definition) is 4. The van der Waals surface area contributed by atoms with Gasteiger partial charge in [0.05, 0.1) is 6.61 Å². The zero-order chi connectivity index (χ0) is 30.7. The largest absolute Gasteiger partial charge is 0.508 e. The van der Waals surface area contributed by atoms with Crippen LogP contribution in [0, 0.1) is 6.92 Å². The van der Waals surface area contributed by atoms with Crippen LogP contribution in [-0.2, 0) is 6.42 Å². The van der Waals surface area contributed by atoms with E-state index in [1.54, 1.807) is 12.1 Å². The average Bonchev–Trinajstić information content (AvgIpc) is 3.23. The zero-order valence-corrected chi connectivity index (χ0v) is 26.8. The number of hydrogen-bond donors (Lipinski definition) is 2. The first kappa shape index (κ1) is 34.5. The van der Waals surface area contributed by atoms with Gasteiger partial charge >= 0.3 is 0 Å². The summed E-state index contributed by atoms with van der Waals surface area (Å²) in [6.45, 7) is 16.3. The van der Waals surface area contributed by atoms with Crippen molar-refractivity contribution in [2.24, 2.45) is 0 Å². The molecule has 228 valence electrons. The molecule has 2 N–H and O–H groups in total. The van der Waals surface area contributed by atoms with Crippen molar-refractivity contribution in [3.8, 4) is 11.5 Å². The van der Waals surface area contributed by atoms with Crippen molar-refractivity contribution in [1.29, 1.82) is 0 Å². The summed E-state index contributed by atoms with van der Waals surface area (Å²) in [4.78, 5) is 2.14. The summed E-state index contributed by atoms with van der Waals surface area (Å²) < 4.78 is 5.95. The Bertz CT molecular complexity index is 1200. The molecule has 0 saturated heterocycles. The molecule has 0 unspecified atom stereocenters. The van der Waals surface area contributed by atoms with E-state index < -0.39 is 0 Å². The molecular formula is C38H54N2O2. The molecule has 0 fully saturated rings. The number of allylic oxidation sites excluding steroid dienone is 6. The topological polar surface area (TPSA) is 44.7 Å². The molecule has 0 aliphatic heterocycles. The molecule has 0 aromatic heterocycles. The highest BCUT2D eigenvalue weighted by atomic mass is 16.5. The molecule has 0 atom stereocenters. The van der Waals surface area contributed by atoms with E-state index in [0.29, 0.717) is 0 Å². The highest BCUT2D eigenvalue weighted by Gasteiger charge is 2.07. The minimum absolute atomic E-state index is 0.276. The van der Waals surface area contributed by atoms with Gasteiger partial charge in [0.2, 0.25) is 0 Å². The second-order valence-electron chi connectivity index (χ2n) is 11.0. The van der Waals surface area contributed by atoms with Gasteiger partial charge in [0.25, 0.3) is 0 Å². The fourth-order valence-electron chi connectivity index (χ4n) is 4.85. The van der Waals surface area contributed by atoms with Crippen LogP contribution in [0.5, 0.6) is 11.5 Å². The van der Waals surface area contributed by atoms with Gasteiger partial charge in [-0.2, -0.15) is 0 Å². The van der Waals surface area contributed by atoms with Crippen molar-refractivity contribution in [2.45, 2.75) is 78.6 Å². The van der Waals surface area contributed by atoms with E-state index in [1.165, 1.54) is 48.9 Å². The SMILES string of the molecule is C=C(CC1=CC=C(N(C)C)C=CC1)NCCCCCCCCOc1ccc(CC(=C)c2cc(O)ccc2C)cc1.CC. The van der Waals surface area contributed by atoms with Gasteiger partial charge < -0.3 is 20.1 Å². The van der Waals surface area contributed by atoms with E-state index in [-0.39, 0.29) is 5.75 Å². The summed E-state index contributed by atoms with van der Waals surface area (Å²) in [6, 6.07) is 13.7. The van der Waals surface area contributed by atoms with Gasteiger partial charge in [-0.25, -0.2) is 0 Å². The summed E-state index contributed by atoms with van der Waals surface area (Å²) in [5.41, 5.74) is 8.07. The monoisotopic (exact) mass is 570 g/mol. The Morgan fingerprint density at radius 2 is 1.60 bits per heavy atom. The predicted molar refractivity (Wildman–Crippen MR) is 182 cm³/mol. The van der Waals surface area contributed by atoms with Crippen LogP contribution in [-0.4, -0.2) is 37.3 Å². The van der Waals surface area contributed by atoms with Crippen LogP contribution < -0.4 is 10.1 Å². The number of ether oxygens (including phenoxy) is 1. The molecule has 0 radical (unpaired) electrons. The number of benzene rings is 2. The summed E-state index contributed by atoms with van der Waals surface area (Å²) >= 11 is 0. The standard InChI is InChI=1S/C36H48N2O2.C2H6/c1-28-15-20-34(39)27-36(28)29(2)25-32-17-21-35(22-18-32)40-24-11-9-7-6-8-10-23-37-30(3)26-31-13-12-14-33(19-16-31)38(4)5;1-2/h12,14-22,27,37,39H,2-3,6-11,13,23-26H2,1,4-5H3;1-2H3. The van der Waals surface area contributed by atoms with Gasteiger partial charge in [-0.1, -0.05) is 88.6 Å². The van der Waals surface area contributed by atoms with Gasteiger partial charge in [0.1, 0.15) is 11.5 Å². The highest BCUT2D eigenvalue weighted by Crippen LogP contribution is 2.26. The molecule has 0 amide bonds. The van der Waals surface area contributed by atoms with Gasteiger partial charge in [-0.05, 0) is 91.3 Å². The summed E-state index contributed by atoms with van der Waals surface area (Å²) in [5.74, 6) is 1.19. The van der Waals surface area contributed by atoms with Crippen molar-refractivity contribution in [3.05, 3.63) is 114 Å². The zero-order valence-electron chi connectivity index (χ0n) is 26.8. The van der Waals surface area contributed by atoms with Crippen molar-refractivity contribution < 1.29 is 9.84 Å². The van der Waals surface area contributed by atoms with Gasteiger partial charge in [-0.15, -0.1) is 0 Å². The second-order valence-corrected chi connectivity index (χ2v) is 11.0. The van der Waals surface area contributed by atoms with Gasteiger partial charge in [-0.3, -0.25) is 0 Å². The fourth-order valence-corrected chi connectivity index (χ4v) is 4.85. The van der Waals surface area contributed by atoms with Crippen molar-refractivity contribution in [2.75, 3.05) is 27.2 Å². The molecule has 0 bridgehead atoms. The number of nitrogens with one attached hydrogen (secondary N) is 1. The van der Waals surface area contributed by atoms with E-state index in [9.17, 15) is 5.11 Å². The highest BCUT2D eigenvalue weighted by molar-refractivity contribution is 5.69. The molecule has 4 nitrogen and oxygen atoms in total. The minimum Gasteiger partial charge on any atom is -0.508 e. The molecule has 1 aliphatic carbocycles. The quantitative estimate of drug-likeness (QED) is 0.186. The lowest BCUT2D eigenvalue weighted by molar-refractivity contribution is 0.304. The average molecular weight is 571 g/mol. The van der Waals surface area contributed by atoms with Crippen LogP contribution in [0.3, 0.4) is 0 Å². The summed E-state index contributed by atoms with van der Waals surface area (Å²) in [6.07, 6.45) is 18.7. The molecule has 0 heterocycles. The number of nitrogens with zero attached hydrogens (tertiary/aromatic N) is 1. The van der Waals surface area contributed by atoms with Crippen LogP contribution in [0.25, 0.3) is 5.57 Å². The first-order valence-corrected chi connectivity index (χ1v) is 15.7. The molecule has 42 heavy (non-hydrogen) atoms. The third-order valence-corrected chi connectivity index (χ3v) is 7.27. The Kier molecular flexibility index (Phi) is 16.0. The smallest absolute Gasteiger partial charge is 0.119 e. The lowest BCUT2D eigenvalue weighted by Gasteiger charge is -2.12.